The van der Waals surface area contributed by atoms with E-state index in [0.717, 1.165) is 59.1 Å². The minimum Gasteiger partial charge on any atom is -0.423 e. The first-order chi connectivity index (χ1) is 15.8. The van der Waals surface area contributed by atoms with E-state index >= 15 is 0 Å². The lowest BCUT2D eigenvalue weighted by Gasteiger charge is -2.46. The highest BCUT2D eigenvalue weighted by molar-refractivity contribution is 5.88. The number of fused-ring (bicyclic) bond motifs is 4. The van der Waals surface area contributed by atoms with Crippen molar-refractivity contribution in [3.05, 3.63) is 53.2 Å². The molecule has 3 aliphatic rings. The van der Waals surface area contributed by atoms with Gasteiger partial charge in [-0.2, -0.15) is 9.97 Å². The summed E-state index contributed by atoms with van der Waals surface area (Å²) in [5.41, 5.74) is 11.8. The van der Waals surface area contributed by atoms with Crippen molar-refractivity contribution in [3.8, 4) is 22.9 Å². The number of pyridine rings is 1. The summed E-state index contributed by atoms with van der Waals surface area (Å²) in [6.45, 7) is 5.92. The quantitative estimate of drug-likeness (QED) is 0.491. The van der Waals surface area contributed by atoms with E-state index < -0.39 is 0 Å². The van der Waals surface area contributed by atoms with Gasteiger partial charge in [-0.3, -0.25) is 4.98 Å². The predicted molar refractivity (Wildman–Crippen MR) is 125 cm³/mol. The van der Waals surface area contributed by atoms with Crippen LogP contribution in [0.5, 0.6) is 11.8 Å². The Bertz CT molecular complexity index is 1260. The van der Waals surface area contributed by atoms with E-state index in [1.807, 2.05) is 26.1 Å². The zero-order chi connectivity index (χ0) is 22.9. The average molecular weight is 447 g/mol. The van der Waals surface area contributed by atoms with Crippen molar-refractivity contribution in [1.82, 2.24) is 15.0 Å². The van der Waals surface area contributed by atoms with E-state index in [0.29, 0.717) is 18.1 Å². The molecule has 0 spiro atoms. The number of nitrogens with one attached hydrogen (secondary N) is 1. The molecule has 2 aliphatic carbocycles. The molecular weight excluding hydrogens is 419 g/mol. The van der Waals surface area contributed by atoms with E-state index in [1.165, 1.54) is 6.07 Å². The number of aromatic nitrogens is 3. The average Bonchev–Trinajstić information content (AvgIpc) is 3.28. The summed E-state index contributed by atoms with van der Waals surface area (Å²) in [6.07, 6.45) is 3.27. The van der Waals surface area contributed by atoms with Gasteiger partial charge in [0.1, 0.15) is 17.4 Å². The number of hydrogen-bond donors (Lipinski definition) is 2. The van der Waals surface area contributed by atoms with Crippen molar-refractivity contribution in [1.29, 1.82) is 0 Å². The van der Waals surface area contributed by atoms with Crippen molar-refractivity contribution in [2.45, 2.75) is 32.7 Å². The topological polar surface area (TPSA) is 89.2 Å². The summed E-state index contributed by atoms with van der Waals surface area (Å²) in [6, 6.07) is 7.37. The summed E-state index contributed by atoms with van der Waals surface area (Å²) < 4.78 is 20.5. The number of hydrogen-bond acceptors (Lipinski definition) is 7. The van der Waals surface area contributed by atoms with Crippen molar-refractivity contribution in [2.24, 2.45) is 17.1 Å². The summed E-state index contributed by atoms with van der Waals surface area (Å²) >= 11 is 0. The SMILES string of the molecule is CNc1cc(F)cc2c1Cc1nc(Oc3ccc(C)nc3)nc(N3C[C@H]4[C@@H](N)C[C@@]4(C)C3)c1-2. The zero-order valence-corrected chi connectivity index (χ0v) is 19.0. The summed E-state index contributed by atoms with van der Waals surface area (Å²) in [5, 5.41) is 3.13. The summed E-state index contributed by atoms with van der Waals surface area (Å²) in [7, 11) is 1.81. The van der Waals surface area contributed by atoms with Gasteiger partial charge < -0.3 is 20.7 Å². The first kappa shape index (κ1) is 20.4. The third-order valence-electron chi connectivity index (χ3n) is 7.52. The molecule has 1 aliphatic heterocycles. The third kappa shape index (κ3) is 3.15. The predicted octanol–water partition coefficient (Wildman–Crippen LogP) is 3.90. The minimum absolute atomic E-state index is 0.179. The molecule has 8 heteroatoms. The Kier molecular flexibility index (Phi) is 4.39. The number of nitrogens with two attached hydrogens (primary N) is 1. The molecule has 1 saturated heterocycles. The van der Waals surface area contributed by atoms with E-state index in [-0.39, 0.29) is 23.3 Å². The van der Waals surface area contributed by atoms with Crippen LogP contribution in [0, 0.1) is 24.1 Å². The number of ether oxygens (including phenoxy) is 1. The highest BCUT2D eigenvalue weighted by Crippen LogP contribution is 2.54. The van der Waals surface area contributed by atoms with Crippen LogP contribution >= 0.6 is 0 Å². The van der Waals surface area contributed by atoms with Gasteiger partial charge in [-0.25, -0.2) is 4.39 Å². The van der Waals surface area contributed by atoms with E-state index in [2.05, 4.69) is 22.1 Å². The van der Waals surface area contributed by atoms with Gasteiger partial charge in [0.05, 0.1) is 11.9 Å². The first-order valence-corrected chi connectivity index (χ1v) is 11.4. The van der Waals surface area contributed by atoms with Crippen LogP contribution in [0.3, 0.4) is 0 Å². The molecule has 0 unspecified atom stereocenters. The molecule has 170 valence electrons. The Hall–Kier alpha value is -3.26. The van der Waals surface area contributed by atoms with E-state index in [1.54, 1.807) is 12.3 Å². The fourth-order valence-corrected chi connectivity index (χ4v) is 5.84. The lowest BCUT2D eigenvalue weighted by molar-refractivity contribution is 0.0771. The molecule has 2 fully saturated rings. The van der Waals surface area contributed by atoms with Crippen molar-refractivity contribution in [2.75, 3.05) is 30.4 Å². The fraction of sp³-hybridized carbons (Fsp3) is 0.400. The van der Waals surface area contributed by atoms with Crippen LogP contribution in [-0.2, 0) is 6.42 Å². The van der Waals surface area contributed by atoms with Crippen LogP contribution in [-0.4, -0.2) is 41.1 Å². The van der Waals surface area contributed by atoms with Gasteiger partial charge in [0, 0.05) is 49.5 Å². The number of benzene rings is 1. The molecule has 3 heterocycles. The van der Waals surface area contributed by atoms with Crippen molar-refractivity contribution < 1.29 is 9.13 Å². The van der Waals surface area contributed by atoms with Crippen LogP contribution in [0.4, 0.5) is 15.9 Å². The minimum atomic E-state index is -0.279. The molecule has 0 bridgehead atoms. The van der Waals surface area contributed by atoms with Gasteiger partial charge in [0.25, 0.3) is 0 Å². The van der Waals surface area contributed by atoms with Crippen LogP contribution in [0.15, 0.2) is 30.5 Å². The number of halogens is 1. The van der Waals surface area contributed by atoms with Crippen LogP contribution in [0.1, 0.15) is 30.3 Å². The van der Waals surface area contributed by atoms with Crippen LogP contribution in [0.2, 0.25) is 0 Å². The van der Waals surface area contributed by atoms with Gasteiger partial charge in [0.2, 0.25) is 0 Å². The van der Waals surface area contributed by atoms with Crippen molar-refractivity contribution in [3.63, 3.8) is 0 Å². The third-order valence-corrected chi connectivity index (χ3v) is 7.52. The number of rotatable bonds is 4. The summed E-state index contributed by atoms with van der Waals surface area (Å²) in [5.74, 6) is 1.53. The maximum Gasteiger partial charge on any atom is 0.324 e. The molecule has 6 rings (SSSR count). The largest absolute Gasteiger partial charge is 0.423 e. The van der Waals surface area contributed by atoms with Crippen molar-refractivity contribution >= 4 is 11.5 Å². The number of nitrogens with zero attached hydrogens (tertiary/aromatic N) is 4. The van der Waals surface area contributed by atoms with Crippen LogP contribution in [0.25, 0.3) is 11.1 Å². The Balaban J connectivity index is 1.47. The molecule has 1 saturated carbocycles. The molecule has 3 atom stereocenters. The Labute approximate surface area is 192 Å². The molecule has 2 aromatic heterocycles. The molecule has 7 nitrogen and oxygen atoms in total. The Morgan fingerprint density at radius 3 is 2.82 bits per heavy atom. The first-order valence-electron chi connectivity index (χ1n) is 11.4. The maximum absolute atomic E-state index is 14.5. The molecule has 1 aromatic carbocycles. The molecule has 33 heavy (non-hydrogen) atoms. The van der Waals surface area contributed by atoms with Gasteiger partial charge in [-0.15, -0.1) is 0 Å². The lowest BCUT2D eigenvalue weighted by atomic mass is 9.60. The van der Waals surface area contributed by atoms with E-state index in [4.69, 9.17) is 20.4 Å². The van der Waals surface area contributed by atoms with Crippen LogP contribution < -0.4 is 20.7 Å². The second kappa shape index (κ2) is 7.12. The monoisotopic (exact) mass is 446 g/mol. The molecule has 0 amide bonds. The number of anilines is 2. The zero-order valence-electron chi connectivity index (χ0n) is 19.0. The number of aryl methyl sites for hydroxylation is 1. The Morgan fingerprint density at radius 1 is 1.27 bits per heavy atom. The van der Waals surface area contributed by atoms with Gasteiger partial charge in [0.15, 0.2) is 0 Å². The summed E-state index contributed by atoms with van der Waals surface area (Å²) in [4.78, 5) is 16.2. The maximum atomic E-state index is 14.5. The molecule has 0 radical (unpaired) electrons. The highest BCUT2D eigenvalue weighted by atomic mass is 19.1. The Morgan fingerprint density at radius 2 is 2.12 bits per heavy atom. The second-order valence-corrected chi connectivity index (χ2v) is 9.80. The van der Waals surface area contributed by atoms with E-state index in [9.17, 15) is 4.39 Å². The van der Waals surface area contributed by atoms with Gasteiger partial charge >= 0.3 is 6.01 Å². The van der Waals surface area contributed by atoms with Gasteiger partial charge in [-0.1, -0.05) is 6.92 Å². The highest BCUT2D eigenvalue weighted by Gasteiger charge is 2.55. The fourth-order valence-electron chi connectivity index (χ4n) is 5.84. The standard InChI is InChI=1S/C25H27FN6O/c1-13-4-5-15(10-29-13)33-24-30-21-8-16-17(6-14(26)7-20(16)28-3)22(21)23(31-24)32-11-18-19(27)9-25(18,2)12-32/h4-7,10,18-19,28H,8-9,11-12,27H2,1-3H3/t18-,19-,25-/m0/s1. The van der Waals surface area contributed by atoms with Gasteiger partial charge in [-0.05, 0) is 60.1 Å². The molecule has 3 aromatic rings. The normalized spacial score (nSPS) is 24.7. The molecule has 3 N–H and O–H groups in total. The second-order valence-electron chi connectivity index (χ2n) is 9.80. The lowest BCUT2D eigenvalue weighted by Crippen LogP contribution is -2.53. The molecular formula is C25H27FN6O. The smallest absolute Gasteiger partial charge is 0.324 e.